The van der Waals surface area contributed by atoms with Crippen molar-refractivity contribution in [2.75, 3.05) is 5.32 Å². The van der Waals surface area contributed by atoms with Crippen molar-refractivity contribution in [3.8, 4) is 0 Å². The van der Waals surface area contributed by atoms with Crippen molar-refractivity contribution >= 4 is 38.7 Å². The fraction of sp³-hybridized carbons (Fsp3) is 0.250. The summed E-state index contributed by atoms with van der Waals surface area (Å²) < 4.78 is 2.57. The third-order valence-electron chi connectivity index (χ3n) is 3.93. The monoisotopic (exact) mass is 371 g/mol. The molecule has 0 unspecified atom stereocenters. The van der Waals surface area contributed by atoms with E-state index >= 15 is 0 Å². The minimum atomic E-state index is -0.192. The highest BCUT2D eigenvalue weighted by Crippen LogP contribution is 2.40. The lowest BCUT2D eigenvalue weighted by molar-refractivity contribution is 0.102. The van der Waals surface area contributed by atoms with Crippen LogP contribution >= 0.6 is 15.9 Å². The largest absolute Gasteiger partial charge is 0.307 e. The van der Waals surface area contributed by atoms with Gasteiger partial charge in [-0.05, 0) is 47.0 Å². The first-order valence-electron chi connectivity index (χ1n) is 7.37. The second-order valence-electron chi connectivity index (χ2n) is 5.69. The number of pyridine rings is 2. The molecule has 1 fully saturated rings. The van der Waals surface area contributed by atoms with E-state index in [1.165, 1.54) is 0 Å². The number of anilines is 1. The molecule has 0 aromatic carbocycles. The van der Waals surface area contributed by atoms with Crippen LogP contribution in [0.2, 0.25) is 0 Å². The average molecular weight is 372 g/mol. The van der Waals surface area contributed by atoms with Crippen LogP contribution in [0.25, 0.3) is 11.0 Å². The molecule has 0 saturated heterocycles. The van der Waals surface area contributed by atoms with Gasteiger partial charge in [0.25, 0.3) is 5.91 Å². The van der Waals surface area contributed by atoms with Crippen molar-refractivity contribution in [2.24, 2.45) is 7.05 Å². The summed E-state index contributed by atoms with van der Waals surface area (Å²) in [5, 5.41) is 7.82. The summed E-state index contributed by atoms with van der Waals surface area (Å²) in [5.41, 5.74) is 2.30. The van der Waals surface area contributed by atoms with Crippen molar-refractivity contribution in [3.05, 3.63) is 46.3 Å². The zero-order valence-electron chi connectivity index (χ0n) is 12.5. The standard InChI is InChI=1S/C16H14BrN5O/c1-22-15-12(8-19-22)11(6-13(20-15)9-2-3-9)16(23)21-14-5-4-10(17)7-18-14/h4-9H,2-3H2,1H3,(H,18,21,23). The summed E-state index contributed by atoms with van der Waals surface area (Å²) in [5.74, 6) is 0.786. The smallest absolute Gasteiger partial charge is 0.257 e. The van der Waals surface area contributed by atoms with Gasteiger partial charge >= 0.3 is 0 Å². The first-order chi connectivity index (χ1) is 11.1. The molecule has 1 N–H and O–H groups in total. The van der Waals surface area contributed by atoms with E-state index in [1.807, 2.05) is 19.2 Å². The van der Waals surface area contributed by atoms with Crippen LogP contribution in [-0.4, -0.2) is 25.7 Å². The molecule has 1 aliphatic carbocycles. The predicted octanol–water partition coefficient (Wildman–Crippen LogP) is 3.26. The molecule has 0 atom stereocenters. The lowest BCUT2D eigenvalue weighted by Crippen LogP contribution is -2.14. The number of hydrogen-bond acceptors (Lipinski definition) is 4. The molecular formula is C16H14BrN5O. The number of aryl methyl sites for hydroxylation is 1. The van der Waals surface area contributed by atoms with Crippen LogP contribution in [0.5, 0.6) is 0 Å². The van der Waals surface area contributed by atoms with E-state index in [4.69, 9.17) is 0 Å². The second-order valence-corrected chi connectivity index (χ2v) is 6.61. The van der Waals surface area contributed by atoms with Crippen LogP contribution in [0.4, 0.5) is 5.82 Å². The Morgan fingerprint density at radius 2 is 2.17 bits per heavy atom. The Morgan fingerprint density at radius 1 is 1.35 bits per heavy atom. The lowest BCUT2D eigenvalue weighted by Gasteiger charge is -2.08. The Labute approximate surface area is 141 Å². The number of fused-ring (bicyclic) bond motifs is 1. The number of hydrogen-bond donors (Lipinski definition) is 1. The molecular weight excluding hydrogens is 358 g/mol. The van der Waals surface area contributed by atoms with Crippen molar-refractivity contribution in [1.29, 1.82) is 0 Å². The normalized spacial score (nSPS) is 14.2. The Morgan fingerprint density at radius 3 is 2.87 bits per heavy atom. The molecule has 3 aromatic heterocycles. The number of nitrogens with one attached hydrogen (secondary N) is 1. The molecule has 1 amide bonds. The highest BCUT2D eigenvalue weighted by Gasteiger charge is 2.27. The van der Waals surface area contributed by atoms with E-state index in [1.54, 1.807) is 23.1 Å². The Bertz CT molecular complexity index is 899. The summed E-state index contributed by atoms with van der Waals surface area (Å²) in [6, 6.07) is 5.48. The van der Waals surface area contributed by atoms with Gasteiger partial charge in [0.05, 0.1) is 17.1 Å². The van der Waals surface area contributed by atoms with E-state index in [2.05, 4.69) is 36.3 Å². The average Bonchev–Trinajstić information content (AvgIpc) is 3.33. The fourth-order valence-corrected chi connectivity index (χ4v) is 2.78. The van der Waals surface area contributed by atoms with Crippen molar-refractivity contribution in [2.45, 2.75) is 18.8 Å². The first-order valence-corrected chi connectivity index (χ1v) is 8.16. The molecule has 1 aliphatic rings. The van der Waals surface area contributed by atoms with Crippen LogP contribution in [0.3, 0.4) is 0 Å². The van der Waals surface area contributed by atoms with Gasteiger partial charge in [-0.3, -0.25) is 9.48 Å². The molecule has 0 radical (unpaired) electrons. The molecule has 3 aromatic rings. The summed E-state index contributed by atoms with van der Waals surface area (Å²) in [4.78, 5) is 21.5. The quantitative estimate of drug-likeness (QED) is 0.766. The van der Waals surface area contributed by atoms with E-state index in [0.717, 1.165) is 34.0 Å². The topological polar surface area (TPSA) is 72.7 Å². The van der Waals surface area contributed by atoms with E-state index < -0.39 is 0 Å². The Hall–Kier alpha value is -2.28. The number of carbonyl (C=O) groups excluding carboxylic acids is 1. The minimum absolute atomic E-state index is 0.192. The molecule has 1 saturated carbocycles. The van der Waals surface area contributed by atoms with Gasteiger partial charge in [-0.25, -0.2) is 9.97 Å². The maximum atomic E-state index is 12.7. The lowest BCUT2D eigenvalue weighted by atomic mass is 10.1. The van der Waals surface area contributed by atoms with Gasteiger partial charge in [-0.2, -0.15) is 5.10 Å². The molecule has 0 spiro atoms. The molecule has 0 aliphatic heterocycles. The summed E-state index contributed by atoms with van der Waals surface area (Å²) in [7, 11) is 1.84. The van der Waals surface area contributed by atoms with Crippen LogP contribution < -0.4 is 5.32 Å². The van der Waals surface area contributed by atoms with Crippen molar-refractivity contribution in [3.63, 3.8) is 0 Å². The summed E-state index contributed by atoms with van der Waals surface area (Å²) in [6.45, 7) is 0. The highest BCUT2D eigenvalue weighted by molar-refractivity contribution is 9.10. The van der Waals surface area contributed by atoms with Gasteiger partial charge in [0.1, 0.15) is 5.82 Å². The van der Waals surface area contributed by atoms with Gasteiger partial charge in [-0.1, -0.05) is 0 Å². The van der Waals surface area contributed by atoms with Crippen LogP contribution in [0.15, 0.2) is 35.1 Å². The van der Waals surface area contributed by atoms with Crippen LogP contribution in [-0.2, 0) is 7.05 Å². The van der Waals surface area contributed by atoms with Gasteiger partial charge in [0.2, 0.25) is 0 Å². The number of halogens is 1. The molecule has 3 heterocycles. The number of aromatic nitrogens is 4. The van der Waals surface area contributed by atoms with Crippen LogP contribution in [0.1, 0.15) is 34.8 Å². The third-order valence-corrected chi connectivity index (χ3v) is 4.40. The Balaban J connectivity index is 1.74. The molecule has 116 valence electrons. The number of amides is 1. The van der Waals surface area contributed by atoms with Crippen molar-refractivity contribution in [1.82, 2.24) is 19.7 Å². The van der Waals surface area contributed by atoms with E-state index in [0.29, 0.717) is 17.3 Å². The maximum Gasteiger partial charge on any atom is 0.257 e. The second kappa shape index (κ2) is 5.42. The first kappa shape index (κ1) is 14.3. The number of nitrogens with zero attached hydrogens (tertiary/aromatic N) is 4. The van der Waals surface area contributed by atoms with Crippen LogP contribution in [0, 0.1) is 0 Å². The summed E-state index contributed by atoms with van der Waals surface area (Å²) >= 11 is 3.33. The van der Waals surface area contributed by atoms with E-state index in [9.17, 15) is 4.79 Å². The van der Waals surface area contributed by atoms with Crippen molar-refractivity contribution < 1.29 is 4.79 Å². The molecule has 7 heteroatoms. The summed E-state index contributed by atoms with van der Waals surface area (Å²) in [6.07, 6.45) is 5.59. The zero-order valence-corrected chi connectivity index (χ0v) is 14.0. The molecule has 4 rings (SSSR count). The number of rotatable bonds is 3. The van der Waals surface area contributed by atoms with Gasteiger partial charge in [-0.15, -0.1) is 0 Å². The molecule has 23 heavy (non-hydrogen) atoms. The number of carbonyl (C=O) groups is 1. The van der Waals surface area contributed by atoms with Gasteiger partial charge < -0.3 is 5.32 Å². The minimum Gasteiger partial charge on any atom is -0.307 e. The Kier molecular flexibility index (Phi) is 3.37. The van der Waals surface area contributed by atoms with Gasteiger partial charge in [0, 0.05) is 29.3 Å². The molecule has 0 bridgehead atoms. The van der Waals surface area contributed by atoms with Gasteiger partial charge in [0.15, 0.2) is 5.65 Å². The maximum absolute atomic E-state index is 12.7. The highest BCUT2D eigenvalue weighted by atomic mass is 79.9. The SMILES string of the molecule is Cn1ncc2c(C(=O)Nc3ccc(Br)cn3)cc(C3CC3)nc21. The predicted molar refractivity (Wildman–Crippen MR) is 90.4 cm³/mol. The zero-order chi connectivity index (χ0) is 16.0. The molecule has 6 nitrogen and oxygen atoms in total. The third kappa shape index (κ3) is 2.72. The fourth-order valence-electron chi connectivity index (χ4n) is 2.54. The van der Waals surface area contributed by atoms with E-state index in [-0.39, 0.29) is 5.91 Å².